The first-order chi connectivity index (χ1) is 10.2. The van der Waals surface area contributed by atoms with Gasteiger partial charge in [0.2, 0.25) is 0 Å². The minimum absolute atomic E-state index is 0.142. The lowest BCUT2D eigenvalue weighted by molar-refractivity contribution is -0.00625. The van der Waals surface area contributed by atoms with Gasteiger partial charge in [-0.05, 0) is 12.0 Å². The van der Waals surface area contributed by atoms with E-state index in [0.29, 0.717) is 19.7 Å². The molecule has 0 bridgehead atoms. The largest absolute Gasteiger partial charge is 0.465 e. The van der Waals surface area contributed by atoms with Crippen molar-refractivity contribution >= 4 is 6.09 Å². The zero-order chi connectivity index (χ0) is 15.1. The van der Waals surface area contributed by atoms with E-state index in [1.165, 1.54) is 10.5 Å². The van der Waals surface area contributed by atoms with Gasteiger partial charge in [-0.15, -0.1) is 6.58 Å². The molecule has 1 aromatic rings. The second kappa shape index (κ2) is 7.81. The summed E-state index contributed by atoms with van der Waals surface area (Å²) < 4.78 is 5.73. The minimum Gasteiger partial charge on any atom is -0.465 e. The Labute approximate surface area is 125 Å². The quantitative estimate of drug-likeness (QED) is 0.788. The molecular formula is C16H22N2O3. The molecule has 5 nitrogen and oxygen atoms in total. The van der Waals surface area contributed by atoms with E-state index < -0.39 is 6.09 Å². The summed E-state index contributed by atoms with van der Waals surface area (Å²) in [5, 5.41) is 12.6. The van der Waals surface area contributed by atoms with Crippen molar-refractivity contribution in [1.29, 1.82) is 0 Å². The first kappa shape index (κ1) is 15.5. The van der Waals surface area contributed by atoms with Crippen LogP contribution >= 0.6 is 0 Å². The van der Waals surface area contributed by atoms with Crippen LogP contribution in [0.1, 0.15) is 12.0 Å². The first-order valence-electron chi connectivity index (χ1n) is 7.18. The topological polar surface area (TPSA) is 61.8 Å². The Morgan fingerprint density at radius 3 is 2.90 bits per heavy atom. The van der Waals surface area contributed by atoms with Crippen molar-refractivity contribution in [3.05, 3.63) is 48.6 Å². The van der Waals surface area contributed by atoms with Crippen molar-refractivity contribution in [2.24, 2.45) is 0 Å². The molecule has 1 aliphatic rings. The van der Waals surface area contributed by atoms with E-state index in [-0.39, 0.29) is 12.1 Å². The predicted octanol–water partition coefficient (Wildman–Crippen LogP) is 2.10. The van der Waals surface area contributed by atoms with E-state index in [1.54, 1.807) is 6.08 Å². The summed E-state index contributed by atoms with van der Waals surface area (Å²) in [7, 11) is 0. The molecule has 0 aliphatic carbocycles. The van der Waals surface area contributed by atoms with Gasteiger partial charge >= 0.3 is 6.09 Å². The number of rotatable bonds is 6. The summed E-state index contributed by atoms with van der Waals surface area (Å²) in [6.07, 6.45) is 1.41. The van der Waals surface area contributed by atoms with Crippen molar-refractivity contribution in [3.8, 4) is 0 Å². The van der Waals surface area contributed by atoms with Crippen LogP contribution in [0, 0.1) is 0 Å². The average molecular weight is 290 g/mol. The van der Waals surface area contributed by atoms with Crippen molar-refractivity contribution < 1.29 is 14.6 Å². The van der Waals surface area contributed by atoms with Gasteiger partial charge in [-0.25, -0.2) is 4.79 Å². The van der Waals surface area contributed by atoms with E-state index in [9.17, 15) is 4.79 Å². The molecule has 0 saturated carbocycles. The van der Waals surface area contributed by atoms with E-state index in [0.717, 1.165) is 13.0 Å². The third-order valence-corrected chi connectivity index (χ3v) is 3.67. The number of benzene rings is 1. The Balaban J connectivity index is 1.92. The number of carbonyl (C=O) groups is 1. The smallest absolute Gasteiger partial charge is 0.407 e. The second-order valence-electron chi connectivity index (χ2n) is 5.15. The van der Waals surface area contributed by atoms with Gasteiger partial charge in [-0.3, -0.25) is 0 Å². The number of nitrogens with zero attached hydrogens (tertiary/aromatic N) is 1. The molecule has 114 valence electrons. The van der Waals surface area contributed by atoms with Gasteiger partial charge in [0.1, 0.15) is 0 Å². The minimum atomic E-state index is -0.885. The summed E-state index contributed by atoms with van der Waals surface area (Å²) in [6.45, 7) is 5.77. The number of piperidine rings is 1. The molecule has 1 heterocycles. The highest BCUT2D eigenvalue weighted by atomic mass is 16.5. The van der Waals surface area contributed by atoms with E-state index >= 15 is 0 Å². The molecule has 2 atom stereocenters. The maximum atomic E-state index is 11.1. The van der Waals surface area contributed by atoms with Crippen molar-refractivity contribution in [1.82, 2.24) is 10.2 Å². The summed E-state index contributed by atoms with van der Waals surface area (Å²) >= 11 is 0. The predicted molar refractivity (Wildman–Crippen MR) is 81.2 cm³/mol. The molecule has 21 heavy (non-hydrogen) atoms. The Morgan fingerprint density at radius 2 is 2.24 bits per heavy atom. The Kier molecular flexibility index (Phi) is 5.78. The number of ether oxygens (including phenoxy) is 1. The summed E-state index contributed by atoms with van der Waals surface area (Å²) in [5.74, 6) is 0. The third kappa shape index (κ3) is 4.58. The van der Waals surface area contributed by atoms with Gasteiger partial charge in [0, 0.05) is 19.1 Å². The van der Waals surface area contributed by atoms with Crippen LogP contribution in [0.2, 0.25) is 0 Å². The Hall–Kier alpha value is -1.85. The summed E-state index contributed by atoms with van der Waals surface area (Å²) in [4.78, 5) is 12.5. The zero-order valence-corrected chi connectivity index (χ0v) is 12.1. The van der Waals surface area contributed by atoms with Gasteiger partial charge in [0.25, 0.3) is 0 Å². The number of likely N-dealkylation sites (tertiary alicyclic amines) is 1. The van der Waals surface area contributed by atoms with Crippen LogP contribution in [0.5, 0.6) is 0 Å². The second-order valence-corrected chi connectivity index (χ2v) is 5.15. The first-order valence-corrected chi connectivity index (χ1v) is 7.18. The van der Waals surface area contributed by atoms with Crippen molar-refractivity contribution in [3.63, 3.8) is 0 Å². The maximum absolute atomic E-state index is 11.1. The van der Waals surface area contributed by atoms with E-state index in [2.05, 4.69) is 24.0 Å². The number of amides is 1. The van der Waals surface area contributed by atoms with Crippen LogP contribution in [0.25, 0.3) is 0 Å². The SMILES string of the molecule is C=CCO[C@@H]1CN(C(=O)O)CC[C@@H]1NCc1ccccc1. The number of hydrogen-bond donors (Lipinski definition) is 2. The standard InChI is InChI=1S/C16H22N2O3/c1-2-10-21-15-12-18(16(19)20)9-8-14(15)17-11-13-6-4-3-5-7-13/h2-7,14-15,17H,1,8-12H2,(H,19,20)/t14-,15+/m0/s1. The molecule has 1 fully saturated rings. The highest BCUT2D eigenvalue weighted by Gasteiger charge is 2.31. The normalized spacial score (nSPS) is 22.0. The summed E-state index contributed by atoms with van der Waals surface area (Å²) in [6, 6.07) is 10.3. The van der Waals surface area contributed by atoms with E-state index in [1.807, 2.05) is 18.2 Å². The van der Waals surface area contributed by atoms with Gasteiger partial charge in [-0.1, -0.05) is 36.4 Å². The highest BCUT2D eigenvalue weighted by molar-refractivity contribution is 5.65. The molecule has 0 unspecified atom stereocenters. The molecule has 1 aliphatic heterocycles. The third-order valence-electron chi connectivity index (χ3n) is 3.67. The Bertz CT molecular complexity index is 464. The molecule has 1 amide bonds. The molecule has 1 saturated heterocycles. The molecule has 2 N–H and O–H groups in total. The highest BCUT2D eigenvalue weighted by Crippen LogP contribution is 2.15. The lowest BCUT2D eigenvalue weighted by atomic mass is 10.0. The van der Waals surface area contributed by atoms with Gasteiger partial charge < -0.3 is 20.1 Å². The fourth-order valence-corrected chi connectivity index (χ4v) is 2.53. The molecule has 0 aromatic heterocycles. The van der Waals surface area contributed by atoms with Crippen molar-refractivity contribution in [2.45, 2.75) is 25.1 Å². The lowest BCUT2D eigenvalue weighted by Gasteiger charge is -2.37. The van der Waals surface area contributed by atoms with Gasteiger partial charge in [0.05, 0.1) is 19.3 Å². The molecule has 0 spiro atoms. The zero-order valence-electron chi connectivity index (χ0n) is 12.1. The number of hydrogen-bond acceptors (Lipinski definition) is 3. The monoisotopic (exact) mass is 290 g/mol. The van der Waals surface area contributed by atoms with Crippen LogP contribution < -0.4 is 5.32 Å². The van der Waals surface area contributed by atoms with Crippen LogP contribution in [0.3, 0.4) is 0 Å². The fourth-order valence-electron chi connectivity index (χ4n) is 2.53. The van der Waals surface area contributed by atoms with Gasteiger partial charge in [-0.2, -0.15) is 0 Å². The van der Waals surface area contributed by atoms with E-state index in [4.69, 9.17) is 9.84 Å². The van der Waals surface area contributed by atoms with Gasteiger partial charge in [0.15, 0.2) is 0 Å². The fraction of sp³-hybridized carbons (Fsp3) is 0.438. The van der Waals surface area contributed by atoms with Crippen LogP contribution in [-0.2, 0) is 11.3 Å². The Morgan fingerprint density at radius 1 is 1.48 bits per heavy atom. The number of carboxylic acid groups (broad SMARTS) is 1. The van der Waals surface area contributed by atoms with Crippen LogP contribution in [0.4, 0.5) is 4.79 Å². The maximum Gasteiger partial charge on any atom is 0.407 e. The molecular weight excluding hydrogens is 268 g/mol. The molecule has 0 radical (unpaired) electrons. The average Bonchev–Trinajstić information content (AvgIpc) is 2.52. The molecule has 5 heteroatoms. The molecule has 1 aromatic carbocycles. The lowest BCUT2D eigenvalue weighted by Crippen LogP contribution is -2.54. The van der Waals surface area contributed by atoms with Crippen LogP contribution in [-0.4, -0.2) is 47.9 Å². The number of nitrogens with one attached hydrogen (secondary N) is 1. The van der Waals surface area contributed by atoms with Crippen molar-refractivity contribution in [2.75, 3.05) is 19.7 Å². The summed E-state index contributed by atoms with van der Waals surface area (Å²) in [5.41, 5.74) is 1.21. The molecule has 2 rings (SSSR count). The van der Waals surface area contributed by atoms with Crippen LogP contribution in [0.15, 0.2) is 43.0 Å².